The number of nitrogens with zero attached hydrogens (tertiary/aromatic N) is 3. The number of nitrogens with one attached hydrogen (secondary N) is 1. The van der Waals surface area contributed by atoms with Crippen LogP contribution in [-0.4, -0.2) is 32.8 Å². The molecule has 148 valence electrons. The zero-order chi connectivity index (χ0) is 20.4. The Balaban J connectivity index is 2.00. The summed E-state index contributed by atoms with van der Waals surface area (Å²) in [6, 6.07) is 17.2. The molecule has 0 atom stereocenters. The SMILES string of the molecule is COCCn1c(-c2ccccc2Br)nc2c1c(=O)[nH]c(=O)n2Cc1ccccc1. The third-order valence-corrected chi connectivity index (χ3v) is 5.39. The van der Waals surface area contributed by atoms with Gasteiger partial charge >= 0.3 is 5.69 Å². The van der Waals surface area contributed by atoms with Gasteiger partial charge in [0.05, 0.1) is 13.2 Å². The average Bonchev–Trinajstić information content (AvgIpc) is 3.10. The molecule has 4 aromatic rings. The lowest BCUT2D eigenvalue weighted by molar-refractivity contribution is 0.188. The van der Waals surface area contributed by atoms with Crippen LogP contribution in [0, 0.1) is 0 Å². The molecule has 0 saturated heterocycles. The van der Waals surface area contributed by atoms with Gasteiger partial charge in [0.25, 0.3) is 5.56 Å². The highest BCUT2D eigenvalue weighted by molar-refractivity contribution is 9.10. The molecular formula is C21H19BrN4O3. The van der Waals surface area contributed by atoms with Crippen molar-refractivity contribution >= 4 is 27.1 Å². The van der Waals surface area contributed by atoms with E-state index < -0.39 is 11.2 Å². The Kier molecular flexibility index (Phi) is 5.46. The summed E-state index contributed by atoms with van der Waals surface area (Å²) in [5.41, 5.74) is 1.53. The van der Waals surface area contributed by atoms with Crippen LogP contribution >= 0.6 is 15.9 Å². The lowest BCUT2D eigenvalue weighted by Crippen LogP contribution is -2.31. The normalized spacial score (nSPS) is 11.2. The second kappa shape index (κ2) is 8.18. The number of hydrogen-bond acceptors (Lipinski definition) is 4. The number of H-pyrrole nitrogens is 1. The molecule has 0 aliphatic rings. The smallest absolute Gasteiger partial charge is 0.330 e. The van der Waals surface area contributed by atoms with Crippen molar-refractivity contribution in [2.75, 3.05) is 13.7 Å². The molecule has 2 aromatic heterocycles. The molecule has 0 saturated carbocycles. The number of imidazole rings is 1. The fourth-order valence-electron chi connectivity index (χ4n) is 3.33. The summed E-state index contributed by atoms with van der Waals surface area (Å²) >= 11 is 3.56. The molecule has 7 nitrogen and oxygen atoms in total. The van der Waals surface area contributed by atoms with E-state index in [-0.39, 0.29) is 0 Å². The summed E-state index contributed by atoms with van der Waals surface area (Å²) in [5.74, 6) is 0.599. The van der Waals surface area contributed by atoms with Crippen LogP contribution in [0.1, 0.15) is 5.56 Å². The van der Waals surface area contributed by atoms with Gasteiger partial charge in [0.1, 0.15) is 5.82 Å². The molecule has 0 aliphatic carbocycles. The summed E-state index contributed by atoms with van der Waals surface area (Å²) in [7, 11) is 1.60. The molecule has 0 amide bonds. The van der Waals surface area contributed by atoms with Crippen LogP contribution < -0.4 is 11.2 Å². The number of ether oxygens (including phenoxy) is 1. The Morgan fingerprint density at radius 1 is 1.03 bits per heavy atom. The molecule has 8 heteroatoms. The maximum Gasteiger partial charge on any atom is 0.330 e. The Morgan fingerprint density at radius 2 is 1.76 bits per heavy atom. The molecule has 1 N–H and O–H groups in total. The number of aromatic nitrogens is 4. The number of fused-ring (bicyclic) bond motifs is 1. The predicted octanol–water partition coefficient (Wildman–Crippen LogP) is 3.01. The van der Waals surface area contributed by atoms with Crippen molar-refractivity contribution in [3.63, 3.8) is 0 Å². The van der Waals surface area contributed by atoms with Gasteiger partial charge in [-0.3, -0.25) is 14.3 Å². The van der Waals surface area contributed by atoms with Gasteiger partial charge in [0.15, 0.2) is 11.2 Å². The molecule has 0 radical (unpaired) electrons. The highest BCUT2D eigenvalue weighted by Crippen LogP contribution is 2.29. The van der Waals surface area contributed by atoms with Crippen molar-refractivity contribution in [1.29, 1.82) is 0 Å². The van der Waals surface area contributed by atoms with Crippen molar-refractivity contribution < 1.29 is 4.74 Å². The second-order valence-corrected chi connectivity index (χ2v) is 7.42. The van der Waals surface area contributed by atoms with Crippen molar-refractivity contribution in [3.8, 4) is 11.4 Å². The maximum absolute atomic E-state index is 12.7. The standard InChI is InChI=1S/C21H19BrN4O3/c1-29-12-11-25-17-19(23-18(25)15-9-5-6-10-16(15)22)26(21(28)24-20(17)27)13-14-7-3-2-4-8-14/h2-10H,11-13H2,1H3,(H,24,27,28). The van der Waals surface area contributed by atoms with Gasteiger partial charge in [0.2, 0.25) is 0 Å². The molecule has 2 aromatic carbocycles. The first-order valence-corrected chi connectivity index (χ1v) is 9.90. The van der Waals surface area contributed by atoms with Crippen LogP contribution in [0.25, 0.3) is 22.6 Å². The van der Waals surface area contributed by atoms with E-state index in [1.165, 1.54) is 4.57 Å². The van der Waals surface area contributed by atoms with Gasteiger partial charge in [-0.25, -0.2) is 9.78 Å². The van der Waals surface area contributed by atoms with Crippen LogP contribution in [0.5, 0.6) is 0 Å². The zero-order valence-electron chi connectivity index (χ0n) is 15.8. The molecule has 0 bridgehead atoms. The Bertz CT molecular complexity index is 1270. The van der Waals surface area contributed by atoms with Gasteiger partial charge in [-0.2, -0.15) is 0 Å². The molecule has 4 rings (SSSR count). The first-order chi connectivity index (χ1) is 14.1. The summed E-state index contributed by atoms with van der Waals surface area (Å²) in [6.45, 7) is 1.14. The second-order valence-electron chi connectivity index (χ2n) is 6.56. The predicted molar refractivity (Wildman–Crippen MR) is 115 cm³/mol. The Labute approximate surface area is 174 Å². The van der Waals surface area contributed by atoms with Crippen LogP contribution in [0.3, 0.4) is 0 Å². The molecule has 29 heavy (non-hydrogen) atoms. The van der Waals surface area contributed by atoms with E-state index in [0.29, 0.717) is 36.7 Å². The molecular weight excluding hydrogens is 436 g/mol. The van der Waals surface area contributed by atoms with Gasteiger partial charge < -0.3 is 9.30 Å². The number of halogens is 1. The quantitative estimate of drug-likeness (QED) is 0.485. The summed E-state index contributed by atoms with van der Waals surface area (Å²) in [6.07, 6.45) is 0. The highest BCUT2D eigenvalue weighted by Gasteiger charge is 2.20. The minimum absolute atomic E-state index is 0.309. The van der Waals surface area contributed by atoms with Gasteiger partial charge in [-0.05, 0) is 11.6 Å². The van der Waals surface area contributed by atoms with Gasteiger partial charge in [0, 0.05) is 23.7 Å². The van der Waals surface area contributed by atoms with E-state index >= 15 is 0 Å². The van der Waals surface area contributed by atoms with E-state index in [1.54, 1.807) is 11.7 Å². The first kappa shape index (κ1) is 19.4. The minimum atomic E-state index is -0.485. The fraction of sp³-hybridized carbons (Fsp3) is 0.190. The van der Waals surface area contributed by atoms with E-state index in [4.69, 9.17) is 9.72 Å². The number of benzene rings is 2. The average molecular weight is 455 g/mol. The van der Waals surface area contributed by atoms with Crippen molar-refractivity contribution in [2.45, 2.75) is 13.1 Å². The summed E-state index contributed by atoms with van der Waals surface area (Å²) in [4.78, 5) is 32.5. The lowest BCUT2D eigenvalue weighted by atomic mass is 10.2. The van der Waals surface area contributed by atoms with Crippen molar-refractivity contribution in [3.05, 3.63) is 85.5 Å². The third-order valence-electron chi connectivity index (χ3n) is 4.70. The molecule has 2 heterocycles. The van der Waals surface area contributed by atoms with Crippen molar-refractivity contribution in [2.24, 2.45) is 0 Å². The highest BCUT2D eigenvalue weighted by atomic mass is 79.9. The minimum Gasteiger partial charge on any atom is -0.383 e. The summed E-state index contributed by atoms with van der Waals surface area (Å²) < 4.78 is 9.38. The Morgan fingerprint density at radius 3 is 2.48 bits per heavy atom. The maximum atomic E-state index is 12.7. The number of aromatic amines is 1. The molecule has 0 spiro atoms. The van der Waals surface area contributed by atoms with E-state index in [0.717, 1.165) is 15.6 Å². The summed E-state index contributed by atoms with van der Waals surface area (Å²) in [5, 5.41) is 0. The number of methoxy groups -OCH3 is 1. The van der Waals surface area contributed by atoms with Crippen LogP contribution in [0.15, 0.2) is 68.7 Å². The van der Waals surface area contributed by atoms with Crippen LogP contribution in [0.4, 0.5) is 0 Å². The number of rotatable bonds is 6. The van der Waals surface area contributed by atoms with Crippen LogP contribution in [0.2, 0.25) is 0 Å². The monoisotopic (exact) mass is 454 g/mol. The topological polar surface area (TPSA) is 81.9 Å². The first-order valence-electron chi connectivity index (χ1n) is 9.11. The van der Waals surface area contributed by atoms with E-state index in [1.807, 2.05) is 54.6 Å². The van der Waals surface area contributed by atoms with Gasteiger partial charge in [-0.15, -0.1) is 0 Å². The third kappa shape index (κ3) is 3.68. The van der Waals surface area contributed by atoms with E-state index in [9.17, 15) is 9.59 Å². The lowest BCUT2D eigenvalue weighted by Gasteiger charge is -2.09. The van der Waals surface area contributed by atoms with Gasteiger partial charge in [-0.1, -0.05) is 64.5 Å². The fourth-order valence-corrected chi connectivity index (χ4v) is 3.80. The zero-order valence-corrected chi connectivity index (χ0v) is 17.3. The largest absolute Gasteiger partial charge is 0.383 e. The van der Waals surface area contributed by atoms with Crippen molar-refractivity contribution in [1.82, 2.24) is 19.1 Å². The molecule has 0 aliphatic heterocycles. The Hall–Kier alpha value is -2.97. The number of hydrogen-bond donors (Lipinski definition) is 1. The van der Waals surface area contributed by atoms with E-state index in [2.05, 4.69) is 20.9 Å². The molecule has 0 fully saturated rings. The van der Waals surface area contributed by atoms with Crippen LogP contribution in [-0.2, 0) is 17.8 Å². The molecule has 0 unspecified atom stereocenters.